The molecule has 0 bridgehead atoms. The van der Waals surface area contributed by atoms with Crippen LogP contribution in [-0.2, 0) is 4.84 Å². The van der Waals surface area contributed by atoms with Crippen LogP contribution in [0.4, 0.5) is 5.69 Å². The third kappa shape index (κ3) is 2.17. The number of hydroxylamine groups is 1. The predicted octanol–water partition coefficient (Wildman–Crippen LogP) is 3.72. The van der Waals surface area contributed by atoms with Gasteiger partial charge in [-0.25, -0.2) is 5.06 Å². The van der Waals surface area contributed by atoms with Gasteiger partial charge in [0.1, 0.15) is 5.76 Å². The number of para-hydroxylation sites is 1. The Bertz CT molecular complexity index is 531. The molecule has 1 aromatic carbocycles. The van der Waals surface area contributed by atoms with Crippen molar-refractivity contribution in [3.05, 3.63) is 66.1 Å². The predicted molar refractivity (Wildman–Crippen MR) is 70.1 cm³/mol. The number of anilines is 1. The Morgan fingerprint density at radius 1 is 1.11 bits per heavy atom. The van der Waals surface area contributed by atoms with Gasteiger partial charge in [0.15, 0.2) is 6.10 Å². The van der Waals surface area contributed by atoms with E-state index in [1.54, 1.807) is 6.26 Å². The molecular weight excluding hydrogens is 226 g/mol. The van der Waals surface area contributed by atoms with Crippen LogP contribution in [0, 0.1) is 0 Å². The minimum Gasteiger partial charge on any atom is -0.466 e. The van der Waals surface area contributed by atoms with Crippen molar-refractivity contribution in [3.63, 3.8) is 0 Å². The summed E-state index contributed by atoms with van der Waals surface area (Å²) in [7, 11) is 0. The molecule has 0 saturated heterocycles. The van der Waals surface area contributed by atoms with Gasteiger partial charge in [0.2, 0.25) is 0 Å². The summed E-state index contributed by atoms with van der Waals surface area (Å²) in [5.74, 6) is 0.829. The monoisotopic (exact) mass is 241 g/mol. The second-order valence-corrected chi connectivity index (χ2v) is 4.43. The van der Waals surface area contributed by atoms with Crippen LogP contribution in [0.25, 0.3) is 0 Å². The van der Waals surface area contributed by atoms with Crippen LogP contribution in [0.3, 0.4) is 0 Å². The summed E-state index contributed by atoms with van der Waals surface area (Å²) < 4.78 is 5.41. The van der Waals surface area contributed by atoms with E-state index in [0.29, 0.717) is 0 Å². The number of benzene rings is 1. The second-order valence-electron chi connectivity index (χ2n) is 4.43. The van der Waals surface area contributed by atoms with Crippen LogP contribution >= 0.6 is 0 Å². The standard InChI is InChI=1S/C15H15NO2/c1-12-10-15(14-8-5-9-17-14)18-16(11-12)13-6-3-2-4-7-13/h2-10,15H,11H2,1H3. The molecule has 0 saturated carbocycles. The van der Waals surface area contributed by atoms with Crippen LogP contribution in [0.1, 0.15) is 18.8 Å². The normalized spacial score (nSPS) is 19.7. The number of hydrogen-bond donors (Lipinski definition) is 0. The summed E-state index contributed by atoms with van der Waals surface area (Å²) in [6.45, 7) is 2.88. The fourth-order valence-electron chi connectivity index (χ4n) is 2.08. The SMILES string of the molecule is CC1=CC(c2ccco2)ON(c2ccccc2)C1. The highest BCUT2D eigenvalue weighted by Crippen LogP contribution is 2.29. The Kier molecular flexibility index (Phi) is 2.90. The molecule has 0 amide bonds. The molecule has 92 valence electrons. The van der Waals surface area contributed by atoms with Gasteiger partial charge in [-0.1, -0.05) is 23.8 Å². The van der Waals surface area contributed by atoms with Crippen molar-refractivity contribution in [2.45, 2.75) is 13.0 Å². The van der Waals surface area contributed by atoms with Gasteiger partial charge in [-0.05, 0) is 37.3 Å². The molecule has 2 heterocycles. The molecule has 0 spiro atoms. The van der Waals surface area contributed by atoms with E-state index in [1.165, 1.54) is 5.57 Å². The molecule has 0 radical (unpaired) electrons. The van der Waals surface area contributed by atoms with E-state index in [1.807, 2.05) is 47.5 Å². The van der Waals surface area contributed by atoms with Crippen LogP contribution in [-0.4, -0.2) is 6.54 Å². The van der Waals surface area contributed by atoms with E-state index in [-0.39, 0.29) is 6.10 Å². The van der Waals surface area contributed by atoms with Gasteiger partial charge in [-0.15, -0.1) is 0 Å². The zero-order chi connectivity index (χ0) is 12.4. The minimum absolute atomic E-state index is 0.144. The molecule has 2 aromatic rings. The first-order chi connectivity index (χ1) is 8.83. The van der Waals surface area contributed by atoms with Crippen LogP contribution in [0.15, 0.2) is 64.8 Å². The molecule has 1 atom stereocenters. The summed E-state index contributed by atoms with van der Waals surface area (Å²) in [6, 6.07) is 13.9. The van der Waals surface area contributed by atoms with Gasteiger partial charge < -0.3 is 4.42 Å². The summed E-state index contributed by atoms with van der Waals surface area (Å²) in [5, 5.41) is 1.91. The summed E-state index contributed by atoms with van der Waals surface area (Å²) in [5.41, 5.74) is 2.33. The molecule has 0 fully saturated rings. The maximum Gasteiger partial charge on any atom is 0.162 e. The highest BCUT2D eigenvalue weighted by atomic mass is 16.7. The maximum atomic E-state index is 5.95. The lowest BCUT2D eigenvalue weighted by molar-refractivity contribution is 0.0425. The van der Waals surface area contributed by atoms with Gasteiger partial charge >= 0.3 is 0 Å². The van der Waals surface area contributed by atoms with Crippen molar-refractivity contribution in [1.82, 2.24) is 0 Å². The van der Waals surface area contributed by atoms with E-state index in [0.717, 1.165) is 18.0 Å². The molecule has 1 aliphatic rings. The highest BCUT2D eigenvalue weighted by Gasteiger charge is 2.22. The molecule has 1 aliphatic heterocycles. The average Bonchev–Trinajstić information content (AvgIpc) is 2.93. The Morgan fingerprint density at radius 3 is 2.67 bits per heavy atom. The van der Waals surface area contributed by atoms with Gasteiger partial charge in [0, 0.05) is 0 Å². The average molecular weight is 241 g/mol. The molecule has 0 aliphatic carbocycles. The lowest BCUT2D eigenvalue weighted by Crippen LogP contribution is -2.31. The van der Waals surface area contributed by atoms with Crippen molar-refractivity contribution >= 4 is 5.69 Å². The lowest BCUT2D eigenvalue weighted by atomic mass is 10.1. The molecular formula is C15H15NO2. The van der Waals surface area contributed by atoms with Gasteiger partial charge in [-0.2, -0.15) is 0 Å². The third-order valence-corrected chi connectivity index (χ3v) is 2.94. The first-order valence-corrected chi connectivity index (χ1v) is 6.03. The Morgan fingerprint density at radius 2 is 1.94 bits per heavy atom. The summed E-state index contributed by atoms with van der Waals surface area (Å²) >= 11 is 0. The zero-order valence-corrected chi connectivity index (χ0v) is 10.2. The lowest BCUT2D eigenvalue weighted by Gasteiger charge is -2.31. The second kappa shape index (κ2) is 4.70. The fourth-order valence-corrected chi connectivity index (χ4v) is 2.08. The summed E-state index contributed by atoms with van der Waals surface area (Å²) in [6.07, 6.45) is 3.62. The molecule has 1 unspecified atom stereocenters. The van der Waals surface area contributed by atoms with Crippen molar-refractivity contribution in [2.24, 2.45) is 0 Å². The molecule has 3 heteroatoms. The zero-order valence-electron chi connectivity index (χ0n) is 10.2. The van der Waals surface area contributed by atoms with E-state index >= 15 is 0 Å². The molecule has 3 rings (SSSR count). The molecule has 3 nitrogen and oxygen atoms in total. The Balaban J connectivity index is 1.86. The molecule has 0 N–H and O–H groups in total. The fraction of sp³-hybridized carbons (Fsp3) is 0.200. The first kappa shape index (κ1) is 11.1. The smallest absolute Gasteiger partial charge is 0.162 e. The number of rotatable bonds is 2. The van der Waals surface area contributed by atoms with Crippen LogP contribution in [0.2, 0.25) is 0 Å². The number of nitrogens with zero attached hydrogens (tertiary/aromatic N) is 1. The van der Waals surface area contributed by atoms with Crippen molar-refractivity contribution in [1.29, 1.82) is 0 Å². The Labute approximate surface area is 106 Å². The Hall–Kier alpha value is -2.00. The highest BCUT2D eigenvalue weighted by molar-refractivity contribution is 5.45. The van der Waals surface area contributed by atoms with Gasteiger partial charge in [0.25, 0.3) is 0 Å². The molecule has 1 aromatic heterocycles. The minimum atomic E-state index is -0.144. The summed E-state index contributed by atoms with van der Waals surface area (Å²) in [4.78, 5) is 5.95. The topological polar surface area (TPSA) is 25.6 Å². The van der Waals surface area contributed by atoms with Crippen molar-refractivity contribution in [2.75, 3.05) is 11.6 Å². The quantitative estimate of drug-likeness (QED) is 0.749. The maximum absolute atomic E-state index is 5.95. The third-order valence-electron chi connectivity index (χ3n) is 2.94. The van der Waals surface area contributed by atoms with Crippen LogP contribution < -0.4 is 5.06 Å². The van der Waals surface area contributed by atoms with Gasteiger partial charge in [0.05, 0.1) is 18.5 Å². The number of furan rings is 1. The van der Waals surface area contributed by atoms with Gasteiger partial charge in [-0.3, -0.25) is 4.84 Å². The van der Waals surface area contributed by atoms with E-state index < -0.39 is 0 Å². The molecule has 18 heavy (non-hydrogen) atoms. The van der Waals surface area contributed by atoms with Crippen molar-refractivity contribution < 1.29 is 9.25 Å². The largest absolute Gasteiger partial charge is 0.466 e. The van der Waals surface area contributed by atoms with E-state index in [4.69, 9.17) is 9.25 Å². The van der Waals surface area contributed by atoms with Crippen molar-refractivity contribution in [3.8, 4) is 0 Å². The first-order valence-electron chi connectivity index (χ1n) is 6.03. The van der Waals surface area contributed by atoms with E-state index in [9.17, 15) is 0 Å². The number of hydrogen-bond acceptors (Lipinski definition) is 3. The van der Waals surface area contributed by atoms with Crippen LogP contribution in [0.5, 0.6) is 0 Å². The van der Waals surface area contributed by atoms with E-state index in [2.05, 4.69) is 13.0 Å².